The molecule has 0 saturated carbocycles. The summed E-state index contributed by atoms with van der Waals surface area (Å²) in [5.41, 5.74) is 0.958. The van der Waals surface area contributed by atoms with Crippen LogP contribution in [0.3, 0.4) is 0 Å². The van der Waals surface area contributed by atoms with Crippen molar-refractivity contribution in [3.63, 3.8) is 0 Å². The van der Waals surface area contributed by atoms with Crippen molar-refractivity contribution < 1.29 is 19.5 Å². The molecule has 2 N–H and O–H groups in total. The molecule has 1 fully saturated rings. The number of hydrogen-bond donors (Lipinski definition) is 2. The van der Waals surface area contributed by atoms with E-state index in [1.165, 1.54) is 28.8 Å². The molecule has 1 aliphatic rings. The predicted molar refractivity (Wildman–Crippen MR) is 80.1 cm³/mol. The maximum atomic E-state index is 12.0. The molecule has 0 radical (unpaired) electrons. The second-order valence-electron chi connectivity index (χ2n) is 4.52. The van der Waals surface area contributed by atoms with Gasteiger partial charge in [0.25, 0.3) is 5.91 Å². The Morgan fingerprint density at radius 1 is 1.43 bits per heavy atom. The van der Waals surface area contributed by atoms with Crippen LogP contribution in [-0.4, -0.2) is 40.6 Å². The summed E-state index contributed by atoms with van der Waals surface area (Å²) in [5, 5.41) is 12.3. The first-order valence-electron chi connectivity index (χ1n) is 6.15. The molecule has 1 saturated heterocycles. The highest BCUT2D eigenvalue weighted by Gasteiger charge is 2.23. The van der Waals surface area contributed by atoms with Gasteiger partial charge in [-0.1, -0.05) is 23.9 Å². The molecule has 0 aliphatic carbocycles. The van der Waals surface area contributed by atoms with Crippen molar-refractivity contribution in [1.29, 1.82) is 0 Å². The summed E-state index contributed by atoms with van der Waals surface area (Å²) in [6, 6.07) is 4.76. The van der Waals surface area contributed by atoms with Gasteiger partial charge >= 0.3 is 5.97 Å². The Hall–Kier alpha value is -2.28. The molecule has 1 aromatic rings. The number of aromatic carboxylic acids is 1. The first-order valence-corrected chi connectivity index (χ1v) is 7.13. The van der Waals surface area contributed by atoms with E-state index in [0.29, 0.717) is 16.3 Å². The van der Waals surface area contributed by atoms with Gasteiger partial charge in [0.2, 0.25) is 5.91 Å². The van der Waals surface area contributed by atoms with Crippen LogP contribution in [0.4, 0.5) is 5.69 Å². The Morgan fingerprint density at radius 2 is 2.14 bits per heavy atom. The lowest BCUT2D eigenvalue weighted by molar-refractivity contribution is -0.124. The van der Waals surface area contributed by atoms with Crippen LogP contribution in [0.1, 0.15) is 15.9 Å². The van der Waals surface area contributed by atoms with E-state index >= 15 is 0 Å². The van der Waals surface area contributed by atoms with Crippen LogP contribution in [0.2, 0.25) is 0 Å². The SMILES string of the molecule is Cc1cccc(C(=O)O)c1NC(=O)/C=C1\SCC(=O)N1C. The fourth-order valence-electron chi connectivity index (χ4n) is 1.87. The minimum Gasteiger partial charge on any atom is -0.478 e. The van der Waals surface area contributed by atoms with E-state index in [0.717, 1.165) is 0 Å². The zero-order valence-electron chi connectivity index (χ0n) is 11.5. The molecule has 0 atom stereocenters. The number of amides is 2. The van der Waals surface area contributed by atoms with Crippen molar-refractivity contribution in [2.75, 3.05) is 18.1 Å². The normalized spacial score (nSPS) is 16.4. The predicted octanol–water partition coefficient (Wildman–Crippen LogP) is 1.68. The summed E-state index contributed by atoms with van der Waals surface area (Å²) in [5.74, 6) is -1.33. The molecule has 0 spiro atoms. The monoisotopic (exact) mass is 306 g/mol. The molecule has 21 heavy (non-hydrogen) atoms. The van der Waals surface area contributed by atoms with Gasteiger partial charge < -0.3 is 15.3 Å². The quantitative estimate of drug-likeness (QED) is 0.830. The molecule has 2 rings (SSSR count). The Labute approximate surface area is 125 Å². The third-order valence-corrected chi connectivity index (χ3v) is 4.13. The molecule has 0 unspecified atom stereocenters. The molecule has 110 valence electrons. The molecule has 0 bridgehead atoms. The molecule has 2 amide bonds. The first kappa shape index (κ1) is 15.1. The Kier molecular flexibility index (Phi) is 4.32. The maximum absolute atomic E-state index is 12.0. The number of carbonyl (C=O) groups excluding carboxylic acids is 2. The van der Waals surface area contributed by atoms with Gasteiger partial charge in [0.05, 0.1) is 22.0 Å². The van der Waals surface area contributed by atoms with Gasteiger partial charge in [-0.15, -0.1) is 0 Å². The molecule has 6 nitrogen and oxygen atoms in total. The van der Waals surface area contributed by atoms with Gasteiger partial charge in [-0.05, 0) is 18.6 Å². The van der Waals surface area contributed by atoms with E-state index in [-0.39, 0.29) is 17.2 Å². The number of rotatable bonds is 3. The summed E-state index contributed by atoms with van der Waals surface area (Å²) in [4.78, 5) is 36.0. The number of carboxylic acid groups (broad SMARTS) is 1. The van der Waals surface area contributed by atoms with Crippen LogP contribution in [0.15, 0.2) is 29.3 Å². The standard InChI is InChI=1S/C14H14N2O4S/c1-8-4-3-5-9(14(19)20)13(8)15-10(17)6-12-16(2)11(18)7-21-12/h3-6H,7H2,1-2H3,(H,15,17)(H,19,20)/b12-6-. The first-order chi connectivity index (χ1) is 9.90. The zero-order chi connectivity index (χ0) is 15.6. The van der Waals surface area contributed by atoms with Crippen LogP contribution < -0.4 is 5.32 Å². The van der Waals surface area contributed by atoms with Gasteiger partial charge in [0.1, 0.15) is 0 Å². The zero-order valence-corrected chi connectivity index (χ0v) is 12.4. The second kappa shape index (κ2) is 6.01. The van der Waals surface area contributed by atoms with E-state index in [2.05, 4.69) is 5.32 Å². The van der Waals surface area contributed by atoms with Gasteiger partial charge in [0.15, 0.2) is 0 Å². The van der Waals surface area contributed by atoms with E-state index < -0.39 is 11.9 Å². The number of carboxylic acids is 1. The maximum Gasteiger partial charge on any atom is 0.337 e. The van der Waals surface area contributed by atoms with Gasteiger partial charge in [-0.25, -0.2) is 4.79 Å². The van der Waals surface area contributed by atoms with Crippen molar-refractivity contribution in [3.05, 3.63) is 40.4 Å². The van der Waals surface area contributed by atoms with Crippen LogP contribution in [0, 0.1) is 6.92 Å². The van der Waals surface area contributed by atoms with Crippen molar-refractivity contribution >= 4 is 35.2 Å². The number of nitrogens with zero attached hydrogens (tertiary/aromatic N) is 1. The highest BCUT2D eigenvalue weighted by molar-refractivity contribution is 8.04. The van der Waals surface area contributed by atoms with Crippen LogP contribution in [-0.2, 0) is 9.59 Å². The van der Waals surface area contributed by atoms with Crippen LogP contribution >= 0.6 is 11.8 Å². The second-order valence-corrected chi connectivity index (χ2v) is 5.51. The van der Waals surface area contributed by atoms with Gasteiger partial charge in [0, 0.05) is 13.1 Å². The number of carbonyl (C=O) groups is 3. The van der Waals surface area contributed by atoms with Crippen molar-refractivity contribution in [1.82, 2.24) is 4.90 Å². The fourth-order valence-corrected chi connectivity index (χ4v) is 2.82. The third-order valence-electron chi connectivity index (χ3n) is 3.05. The summed E-state index contributed by atoms with van der Waals surface area (Å²) in [7, 11) is 1.60. The molecule has 1 aliphatic heterocycles. The average Bonchev–Trinajstić information content (AvgIpc) is 2.73. The third kappa shape index (κ3) is 3.25. The Bertz CT molecular complexity index is 654. The molecule has 1 aromatic carbocycles. The molecular formula is C14H14N2O4S. The van der Waals surface area contributed by atoms with Crippen LogP contribution in [0.25, 0.3) is 0 Å². The summed E-state index contributed by atoms with van der Waals surface area (Å²) >= 11 is 1.27. The average molecular weight is 306 g/mol. The summed E-state index contributed by atoms with van der Waals surface area (Å²) < 4.78 is 0. The number of anilines is 1. The number of hydrogen-bond acceptors (Lipinski definition) is 4. The molecule has 1 heterocycles. The highest BCUT2D eigenvalue weighted by Crippen LogP contribution is 2.27. The fraction of sp³-hybridized carbons (Fsp3) is 0.214. The van der Waals surface area contributed by atoms with Gasteiger partial charge in [-0.2, -0.15) is 0 Å². The van der Waals surface area contributed by atoms with Gasteiger partial charge in [-0.3, -0.25) is 9.59 Å². The van der Waals surface area contributed by atoms with Crippen molar-refractivity contribution in [3.8, 4) is 0 Å². The lowest BCUT2D eigenvalue weighted by atomic mass is 10.1. The number of aryl methyl sites for hydroxylation is 1. The minimum absolute atomic E-state index is 0.0326. The van der Waals surface area contributed by atoms with Crippen molar-refractivity contribution in [2.24, 2.45) is 0 Å². The van der Waals surface area contributed by atoms with E-state index in [1.54, 1.807) is 26.1 Å². The van der Waals surface area contributed by atoms with E-state index in [1.807, 2.05) is 0 Å². The van der Waals surface area contributed by atoms with E-state index in [4.69, 9.17) is 5.11 Å². The topological polar surface area (TPSA) is 86.7 Å². The Morgan fingerprint density at radius 3 is 2.71 bits per heavy atom. The highest BCUT2D eigenvalue weighted by atomic mass is 32.2. The minimum atomic E-state index is -1.11. The lowest BCUT2D eigenvalue weighted by Crippen LogP contribution is -2.20. The summed E-state index contributed by atoms with van der Waals surface area (Å²) in [6.07, 6.45) is 1.30. The van der Waals surface area contributed by atoms with Crippen molar-refractivity contribution in [2.45, 2.75) is 6.92 Å². The number of nitrogens with one attached hydrogen (secondary N) is 1. The molecule has 0 aromatic heterocycles. The molecular weight excluding hydrogens is 292 g/mol. The number of para-hydroxylation sites is 1. The smallest absolute Gasteiger partial charge is 0.337 e. The lowest BCUT2D eigenvalue weighted by Gasteiger charge is -2.12. The van der Waals surface area contributed by atoms with Crippen LogP contribution in [0.5, 0.6) is 0 Å². The molecule has 7 heteroatoms. The largest absolute Gasteiger partial charge is 0.478 e. The Balaban J connectivity index is 2.23. The summed E-state index contributed by atoms with van der Waals surface area (Å²) in [6.45, 7) is 1.72. The number of benzene rings is 1. The van der Waals surface area contributed by atoms with E-state index in [9.17, 15) is 14.4 Å². The number of thioether (sulfide) groups is 1.